The second-order valence-electron chi connectivity index (χ2n) is 10.5. The van der Waals surface area contributed by atoms with Gasteiger partial charge in [-0.15, -0.1) is 12.4 Å². The molecule has 1 aliphatic heterocycles. The van der Waals surface area contributed by atoms with E-state index in [-0.39, 0.29) is 52.8 Å². The van der Waals surface area contributed by atoms with E-state index in [1.165, 1.54) is 36.4 Å². The topological polar surface area (TPSA) is 166 Å². The molecule has 1 heterocycles. The number of carbonyl (C=O) groups excluding carboxylic acids is 1. The Kier molecular flexibility index (Phi) is 10.5. The first-order valence-electron chi connectivity index (χ1n) is 14.0. The number of fused-ring (bicyclic) bond motifs is 1. The highest BCUT2D eigenvalue weighted by Crippen LogP contribution is 2.37. The number of nitrogens with zero attached hydrogens (tertiary/aromatic N) is 1. The van der Waals surface area contributed by atoms with Gasteiger partial charge in [-0.25, -0.2) is 9.59 Å². The summed E-state index contributed by atoms with van der Waals surface area (Å²) in [6.07, 6.45) is -4.42. The van der Waals surface area contributed by atoms with E-state index in [9.17, 15) is 37.8 Å². The van der Waals surface area contributed by atoms with Gasteiger partial charge in [-0.2, -0.15) is 13.2 Å². The smallest absolute Gasteiger partial charge is 0.416 e. The van der Waals surface area contributed by atoms with E-state index >= 15 is 0 Å². The van der Waals surface area contributed by atoms with Crippen molar-refractivity contribution in [3.8, 4) is 0 Å². The van der Waals surface area contributed by atoms with Gasteiger partial charge in [-0.05, 0) is 66.1 Å². The summed E-state index contributed by atoms with van der Waals surface area (Å²) in [5.41, 5.74) is 6.10. The molecule has 0 saturated heterocycles. The highest BCUT2D eigenvalue weighted by atomic mass is 35.5. The lowest BCUT2D eigenvalue weighted by molar-refractivity contribution is -0.137. The molecule has 0 bridgehead atoms. The van der Waals surface area contributed by atoms with Crippen LogP contribution in [0, 0.1) is 0 Å². The molecule has 5 rings (SSSR count). The molecule has 0 radical (unpaired) electrons. The van der Waals surface area contributed by atoms with E-state index in [2.05, 4.69) is 20.9 Å². The third-order valence-corrected chi connectivity index (χ3v) is 7.35. The van der Waals surface area contributed by atoms with Gasteiger partial charge >= 0.3 is 18.1 Å². The number of anilines is 4. The van der Waals surface area contributed by atoms with E-state index in [0.29, 0.717) is 18.5 Å². The molecule has 47 heavy (non-hydrogen) atoms. The number of rotatable bonds is 11. The van der Waals surface area contributed by atoms with Crippen molar-refractivity contribution in [2.75, 3.05) is 17.2 Å². The first kappa shape index (κ1) is 34.5. The molecular weight excluding hydrogens is 639 g/mol. The van der Waals surface area contributed by atoms with Crippen LogP contribution in [-0.4, -0.2) is 40.6 Å². The van der Waals surface area contributed by atoms with E-state index in [4.69, 9.17) is 5.73 Å². The van der Waals surface area contributed by atoms with Crippen LogP contribution in [0.5, 0.6) is 0 Å². The zero-order valence-corrected chi connectivity index (χ0v) is 25.3. The van der Waals surface area contributed by atoms with Crippen LogP contribution < -0.4 is 32.3 Å². The Bertz CT molecular complexity index is 1970. The summed E-state index contributed by atoms with van der Waals surface area (Å²) in [6.45, 7) is 0.400. The largest absolute Gasteiger partial charge is 0.478 e. The van der Waals surface area contributed by atoms with Crippen molar-refractivity contribution in [1.29, 1.82) is 0 Å². The van der Waals surface area contributed by atoms with Gasteiger partial charge in [0.15, 0.2) is 0 Å². The summed E-state index contributed by atoms with van der Waals surface area (Å²) in [7, 11) is 0. The summed E-state index contributed by atoms with van der Waals surface area (Å²) < 4.78 is 40.8. The third kappa shape index (κ3) is 8.07. The monoisotopic (exact) mass is 667 g/mol. The van der Waals surface area contributed by atoms with Crippen LogP contribution in [0.15, 0.2) is 89.9 Å². The molecule has 0 spiro atoms. The van der Waals surface area contributed by atoms with E-state index in [0.717, 1.165) is 34.3 Å². The van der Waals surface area contributed by atoms with Crippen LogP contribution >= 0.6 is 12.4 Å². The van der Waals surface area contributed by atoms with Gasteiger partial charge in [0, 0.05) is 11.8 Å². The van der Waals surface area contributed by atoms with Gasteiger partial charge in [0.05, 0.1) is 57.4 Å². The highest BCUT2D eigenvalue weighted by Gasteiger charge is 2.31. The van der Waals surface area contributed by atoms with Crippen LogP contribution in [-0.2, 0) is 17.5 Å². The average Bonchev–Trinajstić information content (AvgIpc) is 3.43. The van der Waals surface area contributed by atoms with Gasteiger partial charge in [-0.1, -0.05) is 36.4 Å². The quantitative estimate of drug-likeness (QED) is 0.132. The second kappa shape index (κ2) is 14.4. The molecule has 0 aliphatic carbocycles. The summed E-state index contributed by atoms with van der Waals surface area (Å²) in [4.78, 5) is 41.1. The Hall–Kier alpha value is -5.40. The average molecular weight is 668 g/mol. The van der Waals surface area contributed by atoms with Crippen molar-refractivity contribution in [2.24, 2.45) is 10.7 Å². The summed E-state index contributed by atoms with van der Waals surface area (Å²) in [5, 5.41) is 29.5. The minimum atomic E-state index is -4.71. The van der Waals surface area contributed by atoms with Crippen LogP contribution in [0.2, 0.25) is 0 Å². The van der Waals surface area contributed by atoms with Gasteiger partial charge in [0.2, 0.25) is 5.91 Å². The Morgan fingerprint density at radius 3 is 2.17 bits per heavy atom. The number of alkyl halides is 3. The number of carboxylic acid groups (broad SMARTS) is 2. The van der Waals surface area contributed by atoms with Crippen LogP contribution in [0.3, 0.4) is 0 Å². The molecule has 7 N–H and O–H groups in total. The Morgan fingerprint density at radius 2 is 1.45 bits per heavy atom. The second-order valence-corrected chi connectivity index (χ2v) is 10.5. The molecule has 14 heteroatoms. The molecule has 0 aromatic heterocycles. The lowest BCUT2D eigenvalue weighted by Gasteiger charge is -2.19. The maximum absolute atomic E-state index is 13.6. The minimum Gasteiger partial charge on any atom is -0.478 e. The minimum absolute atomic E-state index is 0. The molecule has 0 saturated carbocycles. The fourth-order valence-electron chi connectivity index (χ4n) is 5.02. The predicted octanol–water partition coefficient (Wildman–Crippen LogP) is 4.83. The Labute approximate surface area is 272 Å². The van der Waals surface area contributed by atoms with Crippen LogP contribution in [0.1, 0.15) is 38.3 Å². The number of halogens is 4. The summed E-state index contributed by atoms with van der Waals surface area (Å²) in [5.74, 6) is -3.07. The lowest BCUT2D eigenvalue weighted by Crippen LogP contribution is -2.41. The number of amides is 1. The molecule has 10 nitrogen and oxygen atoms in total. The van der Waals surface area contributed by atoms with Gasteiger partial charge in [-0.3, -0.25) is 9.79 Å². The number of nitrogens with one attached hydrogen (secondary N) is 3. The number of benzene rings is 4. The fraction of sp³-hybridized carbons (Fsp3) is 0.152. The van der Waals surface area contributed by atoms with E-state index in [1.54, 1.807) is 6.07 Å². The number of nitrogens with two attached hydrogens (primary N) is 1. The number of hydrogen-bond donors (Lipinski definition) is 6. The number of aromatic carboxylic acids is 2. The van der Waals surface area contributed by atoms with Crippen molar-refractivity contribution in [3.63, 3.8) is 0 Å². The van der Waals surface area contributed by atoms with Crippen molar-refractivity contribution >= 4 is 58.6 Å². The normalized spacial score (nSPS) is 12.6. The molecule has 244 valence electrons. The number of carboxylic acids is 2. The molecule has 4 aromatic rings. The third-order valence-electron chi connectivity index (χ3n) is 7.35. The SMILES string of the molecule is Cl.N[C@@H](CC1=c2ccccc2=NC1)C(=O)NCc1ccc(Nc2cc(C(F)(F)F)ccc2Nc2ccccc2C(=O)O)c(C(=O)O)c1. The Balaban J connectivity index is 0.00000500. The van der Waals surface area contributed by atoms with Crippen molar-refractivity contribution in [1.82, 2.24) is 5.32 Å². The maximum Gasteiger partial charge on any atom is 0.416 e. The van der Waals surface area contributed by atoms with Crippen LogP contribution in [0.25, 0.3) is 5.57 Å². The molecular formula is C33H29ClF3N5O5. The van der Waals surface area contributed by atoms with Crippen LogP contribution in [0.4, 0.5) is 35.9 Å². The van der Waals surface area contributed by atoms with Crippen molar-refractivity contribution in [3.05, 3.63) is 118 Å². The molecule has 0 fully saturated rings. The summed E-state index contributed by atoms with van der Waals surface area (Å²) in [6, 6.07) is 19.4. The Morgan fingerprint density at radius 1 is 0.809 bits per heavy atom. The zero-order chi connectivity index (χ0) is 33.0. The zero-order valence-electron chi connectivity index (χ0n) is 24.5. The predicted molar refractivity (Wildman–Crippen MR) is 172 cm³/mol. The van der Waals surface area contributed by atoms with Gasteiger partial charge < -0.3 is 31.9 Å². The maximum atomic E-state index is 13.6. The van der Waals surface area contributed by atoms with Gasteiger partial charge in [0.25, 0.3) is 0 Å². The standard InChI is InChI=1S/C33H28F3N5O5.ClH/c34-33(35,36)20-10-12-28(40-26-8-4-2-6-22(26)31(43)44)29(15-20)41-27-11-9-18(13-23(27)32(45)46)16-39-30(42)24(37)14-19-17-38-25-7-3-1-5-21(19)25;/h1-13,15,24,40-41H,14,16-17,37H2,(H,39,42)(H,43,44)(H,45,46);1H/t24-;/m0./s1. The first-order valence-corrected chi connectivity index (χ1v) is 14.0. The van der Waals surface area contributed by atoms with Gasteiger partial charge in [0.1, 0.15) is 0 Å². The number of para-hydroxylation sites is 2. The van der Waals surface area contributed by atoms with E-state index < -0.39 is 35.6 Å². The number of hydrogen-bond acceptors (Lipinski definition) is 7. The fourth-order valence-corrected chi connectivity index (χ4v) is 5.02. The number of carbonyl (C=O) groups is 3. The molecule has 1 aliphatic rings. The highest BCUT2D eigenvalue weighted by molar-refractivity contribution is 5.98. The lowest BCUT2D eigenvalue weighted by atomic mass is 10.0. The summed E-state index contributed by atoms with van der Waals surface area (Å²) >= 11 is 0. The molecule has 1 amide bonds. The van der Waals surface area contributed by atoms with E-state index in [1.807, 2.05) is 24.3 Å². The van der Waals surface area contributed by atoms with Crippen molar-refractivity contribution in [2.45, 2.75) is 25.2 Å². The molecule has 4 aromatic carbocycles. The first-order chi connectivity index (χ1) is 21.9. The molecule has 1 atom stereocenters. The molecule has 0 unspecified atom stereocenters. The van der Waals surface area contributed by atoms with Crippen molar-refractivity contribution < 1.29 is 37.8 Å².